The van der Waals surface area contributed by atoms with Gasteiger partial charge in [0.05, 0.1) is 4.90 Å². The van der Waals surface area contributed by atoms with E-state index < -0.39 is 15.9 Å². The van der Waals surface area contributed by atoms with Gasteiger partial charge in [0, 0.05) is 19.4 Å². The molecule has 0 aliphatic heterocycles. The van der Waals surface area contributed by atoms with Crippen molar-refractivity contribution in [2.45, 2.75) is 32.2 Å². The fourth-order valence-electron chi connectivity index (χ4n) is 1.43. The molecule has 0 radical (unpaired) electrons. The lowest BCUT2D eigenvalue weighted by Crippen LogP contribution is -2.28. The molecule has 0 saturated heterocycles. The molecule has 0 unspecified atom stereocenters. The normalized spacial score (nSPS) is 11.2. The molecule has 1 rings (SSSR count). The highest BCUT2D eigenvalue weighted by Crippen LogP contribution is 2.10. The zero-order valence-corrected chi connectivity index (χ0v) is 12.5. The van der Waals surface area contributed by atoms with Crippen LogP contribution < -0.4 is 10.0 Å². The second-order valence-corrected chi connectivity index (χ2v) is 6.36. The summed E-state index contributed by atoms with van der Waals surface area (Å²) in [5.74, 6) is -0.812. The Bertz CT molecular complexity index is 591. The third-order valence-corrected chi connectivity index (χ3v) is 3.95. The van der Waals surface area contributed by atoms with Gasteiger partial charge in [-0.15, -0.1) is 0 Å². The largest absolute Gasteiger partial charge is 0.352 e. The molecule has 7 heteroatoms. The number of hydrogen-bond acceptors (Lipinski definition) is 4. The maximum absolute atomic E-state index is 11.7. The number of amides is 2. The van der Waals surface area contributed by atoms with Gasteiger partial charge in [0.25, 0.3) is 10.0 Å². The van der Waals surface area contributed by atoms with Gasteiger partial charge in [-0.2, -0.15) is 0 Å². The first-order chi connectivity index (χ1) is 9.22. The van der Waals surface area contributed by atoms with Gasteiger partial charge in [-0.05, 0) is 17.7 Å². The fourth-order valence-corrected chi connectivity index (χ4v) is 2.42. The predicted molar refractivity (Wildman–Crippen MR) is 74.1 cm³/mol. The SMILES string of the molecule is CC(=O)NS(=O)(=O)c1ccc(CNC(=O)C(C)C)cc1. The summed E-state index contributed by atoms with van der Waals surface area (Å²) in [5.41, 5.74) is 0.778. The van der Waals surface area contributed by atoms with Gasteiger partial charge in [0.2, 0.25) is 11.8 Å². The van der Waals surface area contributed by atoms with Crippen molar-refractivity contribution in [1.82, 2.24) is 10.0 Å². The number of sulfonamides is 1. The van der Waals surface area contributed by atoms with Crippen molar-refractivity contribution in [3.8, 4) is 0 Å². The predicted octanol–water partition coefficient (Wildman–Crippen LogP) is 0.784. The van der Waals surface area contributed by atoms with Crippen LogP contribution in [0.4, 0.5) is 0 Å². The lowest BCUT2D eigenvalue weighted by molar-refractivity contribution is -0.124. The molecular formula is C13H18N2O4S. The van der Waals surface area contributed by atoms with Crippen molar-refractivity contribution in [3.05, 3.63) is 29.8 Å². The Morgan fingerprint density at radius 2 is 1.70 bits per heavy atom. The molecule has 20 heavy (non-hydrogen) atoms. The van der Waals surface area contributed by atoms with Gasteiger partial charge in [-0.1, -0.05) is 26.0 Å². The molecule has 6 nitrogen and oxygen atoms in total. The third kappa shape index (κ3) is 4.65. The average Bonchev–Trinajstić information content (AvgIpc) is 2.34. The standard InChI is InChI=1S/C13H18N2O4S/c1-9(2)13(17)14-8-11-4-6-12(7-5-11)20(18,19)15-10(3)16/h4-7,9H,8H2,1-3H3,(H,14,17)(H,15,16). The van der Waals surface area contributed by atoms with Crippen molar-refractivity contribution >= 4 is 21.8 Å². The van der Waals surface area contributed by atoms with Gasteiger partial charge in [0.15, 0.2) is 0 Å². The van der Waals surface area contributed by atoms with Crippen LogP contribution in [-0.4, -0.2) is 20.2 Å². The number of benzene rings is 1. The van der Waals surface area contributed by atoms with Crippen molar-refractivity contribution in [1.29, 1.82) is 0 Å². The molecular weight excluding hydrogens is 280 g/mol. The van der Waals surface area contributed by atoms with Gasteiger partial charge in [0.1, 0.15) is 0 Å². The van der Waals surface area contributed by atoms with Crippen LogP contribution in [0.5, 0.6) is 0 Å². The summed E-state index contributed by atoms with van der Waals surface area (Å²) in [4.78, 5) is 22.2. The Kier molecular flexibility index (Phi) is 5.26. The zero-order chi connectivity index (χ0) is 15.3. The number of rotatable bonds is 5. The smallest absolute Gasteiger partial charge is 0.264 e. The van der Waals surface area contributed by atoms with E-state index >= 15 is 0 Å². The molecule has 0 heterocycles. The topological polar surface area (TPSA) is 92.3 Å². The van der Waals surface area contributed by atoms with E-state index in [-0.39, 0.29) is 16.7 Å². The molecule has 110 valence electrons. The van der Waals surface area contributed by atoms with Crippen LogP contribution in [-0.2, 0) is 26.2 Å². The van der Waals surface area contributed by atoms with Crippen molar-refractivity contribution in [3.63, 3.8) is 0 Å². The molecule has 0 atom stereocenters. The fraction of sp³-hybridized carbons (Fsp3) is 0.385. The van der Waals surface area contributed by atoms with Crippen LogP contribution in [0.25, 0.3) is 0 Å². The van der Waals surface area contributed by atoms with Crippen LogP contribution in [0.3, 0.4) is 0 Å². The molecule has 1 aromatic carbocycles. The first-order valence-corrected chi connectivity index (χ1v) is 7.60. The highest BCUT2D eigenvalue weighted by Gasteiger charge is 2.15. The van der Waals surface area contributed by atoms with Gasteiger partial charge in [-0.3, -0.25) is 9.59 Å². The summed E-state index contributed by atoms with van der Waals surface area (Å²) in [6.45, 7) is 5.04. The Balaban J connectivity index is 2.74. The molecule has 0 aromatic heterocycles. The van der Waals surface area contributed by atoms with Crippen molar-refractivity contribution < 1.29 is 18.0 Å². The maximum atomic E-state index is 11.7. The highest BCUT2D eigenvalue weighted by atomic mass is 32.2. The summed E-state index contributed by atoms with van der Waals surface area (Å²) < 4.78 is 25.3. The van der Waals surface area contributed by atoms with Crippen LogP contribution >= 0.6 is 0 Å². The number of hydrogen-bond donors (Lipinski definition) is 2. The van der Waals surface area contributed by atoms with E-state index in [1.807, 2.05) is 4.72 Å². The van der Waals surface area contributed by atoms with Crippen LogP contribution in [0.1, 0.15) is 26.3 Å². The Hall–Kier alpha value is -1.89. The number of carbonyl (C=O) groups excluding carboxylic acids is 2. The highest BCUT2D eigenvalue weighted by molar-refractivity contribution is 7.90. The van der Waals surface area contributed by atoms with E-state index in [9.17, 15) is 18.0 Å². The Labute approximate surface area is 118 Å². The van der Waals surface area contributed by atoms with E-state index in [0.717, 1.165) is 12.5 Å². The van der Waals surface area contributed by atoms with E-state index in [0.29, 0.717) is 6.54 Å². The minimum Gasteiger partial charge on any atom is -0.352 e. The quantitative estimate of drug-likeness (QED) is 0.840. The van der Waals surface area contributed by atoms with E-state index in [2.05, 4.69) is 5.32 Å². The zero-order valence-electron chi connectivity index (χ0n) is 11.6. The molecule has 0 saturated carbocycles. The summed E-state index contributed by atoms with van der Waals surface area (Å²) in [6.07, 6.45) is 0. The number of nitrogens with one attached hydrogen (secondary N) is 2. The summed E-state index contributed by atoms with van der Waals surface area (Å²) in [7, 11) is -3.81. The Morgan fingerprint density at radius 1 is 1.15 bits per heavy atom. The molecule has 0 spiro atoms. The Morgan fingerprint density at radius 3 is 2.15 bits per heavy atom. The molecule has 2 N–H and O–H groups in total. The molecule has 0 aliphatic carbocycles. The van der Waals surface area contributed by atoms with Crippen molar-refractivity contribution in [2.24, 2.45) is 5.92 Å². The first kappa shape index (κ1) is 16.2. The molecule has 2 amide bonds. The van der Waals surface area contributed by atoms with E-state index in [1.54, 1.807) is 26.0 Å². The minimum atomic E-state index is -3.81. The monoisotopic (exact) mass is 298 g/mol. The van der Waals surface area contributed by atoms with Crippen LogP contribution in [0.2, 0.25) is 0 Å². The van der Waals surface area contributed by atoms with Gasteiger partial charge < -0.3 is 5.32 Å². The summed E-state index contributed by atoms with van der Waals surface area (Å²) >= 11 is 0. The summed E-state index contributed by atoms with van der Waals surface area (Å²) in [5, 5.41) is 2.73. The summed E-state index contributed by atoms with van der Waals surface area (Å²) in [6, 6.07) is 5.97. The van der Waals surface area contributed by atoms with Gasteiger partial charge in [-0.25, -0.2) is 13.1 Å². The maximum Gasteiger partial charge on any atom is 0.264 e. The second kappa shape index (κ2) is 6.51. The molecule has 1 aromatic rings. The average molecular weight is 298 g/mol. The van der Waals surface area contributed by atoms with E-state index in [1.165, 1.54) is 12.1 Å². The lowest BCUT2D eigenvalue weighted by atomic mass is 10.2. The molecule has 0 fully saturated rings. The first-order valence-electron chi connectivity index (χ1n) is 6.12. The second-order valence-electron chi connectivity index (χ2n) is 4.68. The van der Waals surface area contributed by atoms with Crippen LogP contribution in [0.15, 0.2) is 29.2 Å². The third-order valence-electron chi connectivity index (χ3n) is 2.50. The van der Waals surface area contributed by atoms with Gasteiger partial charge >= 0.3 is 0 Å². The van der Waals surface area contributed by atoms with Crippen molar-refractivity contribution in [2.75, 3.05) is 0 Å². The molecule has 0 aliphatic rings. The lowest BCUT2D eigenvalue weighted by Gasteiger charge is -2.09. The van der Waals surface area contributed by atoms with Crippen LogP contribution in [0, 0.1) is 5.92 Å². The minimum absolute atomic E-state index is 0.00614. The van der Waals surface area contributed by atoms with E-state index in [4.69, 9.17) is 0 Å². The number of carbonyl (C=O) groups is 2. The molecule has 0 bridgehead atoms.